The van der Waals surface area contributed by atoms with Gasteiger partial charge in [-0.3, -0.25) is 9.69 Å². The van der Waals surface area contributed by atoms with Gasteiger partial charge in [-0.05, 0) is 50.8 Å². The zero-order chi connectivity index (χ0) is 17.6. The molecule has 2 aliphatic heterocycles. The van der Waals surface area contributed by atoms with Crippen LogP contribution in [0.4, 0.5) is 0 Å². The van der Waals surface area contributed by atoms with Gasteiger partial charge in [0.15, 0.2) is 0 Å². The van der Waals surface area contributed by atoms with Crippen molar-refractivity contribution >= 4 is 18.3 Å². The quantitative estimate of drug-likeness (QED) is 0.792. The first-order valence-electron chi connectivity index (χ1n) is 9.46. The molecule has 2 heterocycles. The molecule has 0 saturated carbocycles. The fraction of sp³-hybridized carbons (Fsp3) is 0.650. The molecule has 26 heavy (non-hydrogen) atoms. The van der Waals surface area contributed by atoms with Gasteiger partial charge in [0.1, 0.15) is 0 Å². The zero-order valence-corrected chi connectivity index (χ0v) is 16.7. The molecule has 0 radical (unpaired) electrons. The highest BCUT2D eigenvalue weighted by Gasteiger charge is 2.29. The van der Waals surface area contributed by atoms with Crippen LogP contribution in [0.5, 0.6) is 0 Å². The smallest absolute Gasteiger partial charge is 0.237 e. The summed E-state index contributed by atoms with van der Waals surface area (Å²) in [6, 6.07) is 8.73. The molecule has 2 atom stereocenters. The predicted octanol–water partition coefficient (Wildman–Crippen LogP) is 2.12. The summed E-state index contributed by atoms with van der Waals surface area (Å²) >= 11 is 0. The summed E-state index contributed by atoms with van der Waals surface area (Å²) in [5.74, 6) is 0.722. The highest BCUT2D eigenvalue weighted by atomic mass is 35.5. The largest absolute Gasteiger partial charge is 0.380 e. The molecule has 0 aromatic heterocycles. The molecule has 1 amide bonds. The van der Waals surface area contributed by atoms with Crippen LogP contribution in [0.25, 0.3) is 0 Å². The number of carbonyl (C=O) groups is 1. The molecule has 3 rings (SSSR count). The summed E-state index contributed by atoms with van der Waals surface area (Å²) in [4.78, 5) is 14.8. The van der Waals surface area contributed by atoms with E-state index in [1.807, 2.05) is 0 Å². The molecule has 2 fully saturated rings. The molecule has 1 aromatic rings. The van der Waals surface area contributed by atoms with Crippen molar-refractivity contribution in [1.29, 1.82) is 0 Å². The first-order chi connectivity index (χ1) is 12.1. The number of rotatable bonds is 6. The number of benzene rings is 1. The van der Waals surface area contributed by atoms with Crippen LogP contribution >= 0.6 is 12.4 Å². The highest BCUT2D eigenvalue weighted by molar-refractivity contribution is 5.85. The molecule has 0 unspecified atom stereocenters. The fourth-order valence-electron chi connectivity index (χ4n) is 3.75. The van der Waals surface area contributed by atoms with Gasteiger partial charge in [-0.2, -0.15) is 0 Å². The second-order valence-corrected chi connectivity index (χ2v) is 7.50. The number of carbonyl (C=O) groups excluding carboxylic acids is 1. The van der Waals surface area contributed by atoms with Crippen LogP contribution in [0, 0.1) is 12.8 Å². The summed E-state index contributed by atoms with van der Waals surface area (Å²) in [5, 5.41) is 6.37. The van der Waals surface area contributed by atoms with Crippen LogP contribution in [-0.2, 0) is 16.1 Å². The molecule has 1 aromatic carbocycles. The monoisotopic (exact) mass is 381 g/mol. The lowest BCUT2D eigenvalue weighted by Crippen LogP contribution is -2.44. The van der Waals surface area contributed by atoms with Crippen molar-refractivity contribution in [1.82, 2.24) is 15.5 Å². The Morgan fingerprint density at radius 2 is 1.96 bits per heavy atom. The van der Waals surface area contributed by atoms with Crippen molar-refractivity contribution in [2.24, 2.45) is 5.92 Å². The van der Waals surface area contributed by atoms with Gasteiger partial charge in [-0.25, -0.2) is 0 Å². The van der Waals surface area contributed by atoms with Crippen LogP contribution in [0.2, 0.25) is 0 Å². The minimum absolute atomic E-state index is 0. The zero-order valence-electron chi connectivity index (χ0n) is 15.9. The van der Waals surface area contributed by atoms with Gasteiger partial charge in [0.25, 0.3) is 0 Å². The Bertz CT molecular complexity index is 559. The molecule has 2 aliphatic rings. The van der Waals surface area contributed by atoms with Crippen LogP contribution < -0.4 is 10.6 Å². The Morgan fingerprint density at radius 3 is 2.58 bits per heavy atom. The molecular formula is C20H32ClN3O2. The van der Waals surface area contributed by atoms with E-state index in [-0.39, 0.29) is 30.5 Å². The first-order valence-corrected chi connectivity index (χ1v) is 9.46. The van der Waals surface area contributed by atoms with Gasteiger partial charge < -0.3 is 15.4 Å². The van der Waals surface area contributed by atoms with Crippen LogP contribution in [-0.4, -0.2) is 56.2 Å². The lowest BCUT2D eigenvalue weighted by atomic mass is 9.96. The van der Waals surface area contributed by atoms with Crippen LogP contribution in [0.1, 0.15) is 30.4 Å². The third kappa shape index (κ3) is 5.95. The van der Waals surface area contributed by atoms with Crippen molar-refractivity contribution in [2.75, 3.05) is 33.3 Å². The van der Waals surface area contributed by atoms with Gasteiger partial charge >= 0.3 is 0 Å². The second kappa shape index (κ2) is 10.3. The number of ether oxygens (including phenoxy) is 1. The molecule has 0 spiro atoms. The first kappa shape index (κ1) is 21.2. The number of piperidine rings is 1. The fourth-order valence-corrected chi connectivity index (χ4v) is 3.75. The van der Waals surface area contributed by atoms with Crippen molar-refractivity contribution in [2.45, 2.75) is 44.9 Å². The summed E-state index contributed by atoms with van der Waals surface area (Å²) in [5.41, 5.74) is 2.70. The number of nitrogens with one attached hydrogen (secondary N) is 2. The Kier molecular flexibility index (Phi) is 8.35. The number of hydrogen-bond donors (Lipinski definition) is 2. The van der Waals surface area contributed by atoms with E-state index in [1.54, 1.807) is 7.11 Å². The minimum atomic E-state index is -0.0911. The third-order valence-corrected chi connectivity index (χ3v) is 5.54. The van der Waals surface area contributed by atoms with Gasteiger partial charge in [-0.1, -0.05) is 29.8 Å². The Hall–Kier alpha value is -1.14. The minimum Gasteiger partial charge on any atom is -0.380 e. The standard InChI is InChI=1S/C20H31N3O2.ClH/c1-15-3-5-17(6-4-15)14-23-9-7-16(8-10-23)12-22-20(24)19-11-18(25-2)13-21-19;/h3-6,16,18-19,21H,7-14H2,1-2H3,(H,22,24);1H/t18-,19+;/m0./s1. The maximum Gasteiger partial charge on any atom is 0.237 e. The Labute approximate surface area is 163 Å². The number of amides is 1. The lowest BCUT2D eigenvalue weighted by molar-refractivity contribution is -0.123. The molecule has 0 bridgehead atoms. The summed E-state index contributed by atoms with van der Waals surface area (Å²) < 4.78 is 5.31. The van der Waals surface area contributed by atoms with Crippen molar-refractivity contribution in [3.05, 3.63) is 35.4 Å². The van der Waals surface area contributed by atoms with E-state index in [4.69, 9.17) is 4.74 Å². The molecule has 6 heteroatoms. The van der Waals surface area contributed by atoms with Crippen LogP contribution in [0.15, 0.2) is 24.3 Å². The Balaban J connectivity index is 0.00000243. The predicted molar refractivity (Wildman–Crippen MR) is 107 cm³/mol. The number of aryl methyl sites for hydroxylation is 1. The number of hydrogen-bond acceptors (Lipinski definition) is 4. The summed E-state index contributed by atoms with van der Waals surface area (Å²) in [6.07, 6.45) is 3.26. The highest BCUT2D eigenvalue weighted by Crippen LogP contribution is 2.19. The average Bonchev–Trinajstić information content (AvgIpc) is 3.12. The average molecular weight is 382 g/mol. The third-order valence-electron chi connectivity index (χ3n) is 5.54. The molecule has 0 aliphatic carbocycles. The van der Waals surface area contributed by atoms with E-state index in [9.17, 15) is 4.79 Å². The molecule has 146 valence electrons. The molecular weight excluding hydrogens is 350 g/mol. The van der Waals surface area contributed by atoms with Crippen molar-refractivity contribution < 1.29 is 9.53 Å². The maximum absolute atomic E-state index is 12.2. The van der Waals surface area contributed by atoms with E-state index >= 15 is 0 Å². The van der Waals surface area contributed by atoms with Gasteiger partial charge in [0.05, 0.1) is 12.1 Å². The van der Waals surface area contributed by atoms with E-state index in [0.29, 0.717) is 5.92 Å². The lowest BCUT2D eigenvalue weighted by Gasteiger charge is -2.32. The normalized spacial score (nSPS) is 24.2. The SMILES string of the molecule is CO[C@@H]1CN[C@@H](C(=O)NCC2CCN(Cc3ccc(C)cc3)CC2)C1.Cl. The molecule has 2 saturated heterocycles. The van der Waals surface area contributed by atoms with E-state index < -0.39 is 0 Å². The van der Waals surface area contributed by atoms with Crippen LogP contribution in [0.3, 0.4) is 0 Å². The van der Waals surface area contributed by atoms with E-state index in [1.165, 1.54) is 11.1 Å². The van der Waals surface area contributed by atoms with Gasteiger partial charge in [0, 0.05) is 26.7 Å². The number of nitrogens with zero attached hydrogens (tertiary/aromatic N) is 1. The molecule has 2 N–H and O–H groups in total. The Morgan fingerprint density at radius 1 is 1.27 bits per heavy atom. The summed E-state index contributed by atoms with van der Waals surface area (Å²) in [6.45, 7) is 6.95. The number of halogens is 1. The maximum atomic E-state index is 12.2. The topological polar surface area (TPSA) is 53.6 Å². The second-order valence-electron chi connectivity index (χ2n) is 7.50. The van der Waals surface area contributed by atoms with Gasteiger partial charge in [0.2, 0.25) is 5.91 Å². The molecule has 5 nitrogen and oxygen atoms in total. The number of likely N-dealkylation sites (tertiary alicyclic amines) is 1. The summed E-state index contributed by atoms with van der Waals surface area (Å²) in [7, 11) is 1.71. The van der Waals surface area contributed by atoms with E-state index in [0.717, 1.165) is 52.0 Å². The van der Waals surface area contributed by atoms with Crippen molar-refractivity contribution in [3.8, 4) is 0 Å². The van der Waals surface area contributed by atoms with Gasteiger partial charge in [-0.15, -0.1) is 12.4 Å². The van der Waals surface area contributed by atoms with Crippen molar-refractivity contribution in [3.63, 3.8) is 0 Å². The van der Waals surface area contributed by atoms with E-state index in [2.05, 4.69) is 46.7 Å². The number of methoxy groups -OCH3 is 1.